The molecular weight excluding hydrogens is 226 g/mol. The fourth-order valence-corrected chi connectivity index (χ4v) is 2.37. The van der Waals surface area contributed by atoms with E-state index in [0.29, 0.717) is 5.92 Å². The van der Waals surface area contributed by atoms with E-state index in [9.17, 15) is 0 Å². The molecule has 0 radical (unpaired) electrons. The van der Waals surface area contributed by atoms with E-state index in [1.54, 1.807) is 6.33 Å². The van der Waals surface area contributed by atoms with Crippen molar-refractivity contribution in [2.24, 2.45) is 5.92 Å². The summed E-state index contributed by atoms with van der Waals surface area (Å²) < 4.78 is 5.85. The van der Waals surface area contributed by atoms with Crippen LogP contribution >= 0.6 is 0 Å². The van der Waals surface area contributed by atoms with Gasteiger partial charge in [-0.25, -0.2) is 9.97 Å². The van der Waals surface area contributed by atoms with Crippen LogP contribution in [0, 0.1) is 12.8 Å². The molecule has 2 rings (SSSR count). The number of nitrogens with zero attached hydrogens (tertiary/aromatic N) is 2. The third-order valence-electron chi connectivity index (χ3n) is 3.51. The van der Waals surface area contributed by atoms with Crippen molar-refractivity contribution < 1.29 is 4.74 Å². The first-order chi connectivity index (χ1) is 8.81. The van der Waals surface area contributed by atoms with Gasteiger partial charge in [0, 0.05) is 6.54 Å². The predicted molar refractivity (Wildman–Crippen MR) is 73.0 cm³/mol. The average molecular weight is 249 g/mol. The second-order valence-electron chi connectivity index (χ2n) is 5.04. The summed E-state index contributed by atoms with van der Waals surface area (Å²) in [6, 6.07) is 0. The molecule has 0 amide bonds. The molecular formula is C14H23N3O. The molecule has 1 fully saturated rings. The molecule has 0 aliphatic heterocycles. The maximum Gasteiger partial charge on any atom is 0.221 e. The van der Waals surface area contributed by atoms with Gasteiger partial charge in [-0.15, -0.1) is 0 Å². The summed E-state index contributed by atoms with van der Waals surface area (Å²) in [5.74, 6) is 2.34. The summed E-state index contributed by atoms with van der Waals surface area (Å²) in [6.07, 6.45) is 7.95. The van der Waals surface area contributed by atoms with Gasteiger partial charge in [-0.2, -0.15) is 0 Å². The van der Waals surface area contributed by atoms with E-state index < -0.39 is 0 Å². The van der Waals surface area contributed by atoms with Crippen molar-refractivity contribution in [3.63, 3.8) is 0 Å². The lowest BCUT2D eigenvalue weighted by Crippen LogP contribution is -2.11. The number of rotatable bonds is 6. The molecule has 4 heteroatoms. The summed E-state index contributed by atoms with van der Waals surface area (Å²) >= 11 is 0. The first-order valence-electron chi connectivity index (χ1n) is 6.99. The van der Waals surface area contributed by atoms with Crippen LogP contribution < -0.4 is 10.1 Å². The average Bonchev–Trinajstić information content (AvgIpc) is 2.89. The molecule has 1 N–H and O–H groups in total. The lowest BCUT2D eigenvalue weighted by Gasteiger charge is -2.14. The minimum atomic E-state index is 0.714. The predicted octanol–water partition coefficient (Wildman–Crippen LogP) is 3.18. The van der Waals surface area contributed by atoms with Gasteiger partial charge < -0.3 is 10.1 Å². The van der Waals surface area contributed by atoms with Gasteiger partial charge in [0.05, 0.1) is 12.2 Å². The van der Waals surface area contributed by atoms with Crippen molar-refractivity contribution >= 4 is 5.82 Å². The summed E-state index contributed by atoms with van der Waals surface area (Å²) in [6.45, 7) is 5.88. The summed E-state index contributed by atoms with van der Waals surface area (Å²) in [5, 5.41) is 3.30. The second-order valence-corrected chi connectivity index (χ2v) is 5.04. The number of anilines is 1. The zero-order valence-corrected chi connectivity index (χ0v) is 11.4. The fraction of sp³-hybridized carbons (Fsp3) is 0.714. The van der Waals surface area contributed by atoms with E-state index >= 15 is 0 Å². The SMILES string of the molecule is CCCNc1ncnc(OCC2CCCC2)c1C. The van der Waals surface area contributed by atoms with Crippen molar-refractivity contribution in [3.05, 3.63) is 11.9 Å². The Labute approximate surface area is 109 Å². The Morgan fingerprint density at radius 1 is 1.33 bits per heavy atom. The van der Waals surface area contributed by atoms with Gasteiger partial charge in [-0.1, -0.05) is 19.8 Å². The van der Waals surface area contributed by atoms with Crippen molar-refractivity contribution in [3.8, 4) is 5.88 Å². The fourth-order valence-electron chi connectivity index (χ4n) is 2.37. The molecule has 1 saturated carbocycles. The Balaban J connectivity index is 1.94. The molecule has 0 atom stereocenters. The largest absolute Gasteiger partial charge is 0.477 e. The molecule has 0 saturated heterocycles. The topological polar surface area (TPSA) is 47.0 Å². The summed E-state index contributed by atoms with van der Waals surface area (Å²) in [7, 11) is 0. The van der Waals surface area contributed by atoms with Gasteiger partial charge in [0.25, 0.3) is 0 Å². The maximum absolute atomic E-state index is 5.85. The van der Waals surface area contributed by atoms with Crippen molar-refractivity contribution in [1.29, 1.82) is 0 Å². The number of hydrogen-bond acceptors (Lipinski definition) is 4. The van der Waals surface area contributed by atoms with Crippen LogP contribution in [0.1, 0.15) is 44.6 Å². The zero-order valence-electron chi connectivity index (χ0n) is 11.4. The zero-order chi connectivity index (χ0) is 12.8. The van der Waals surface area contributed by atoms with E-state index in [1.165, 1.54) is 25.7 Å². The highest BCUT2D eigenvalue weighted by molar-refractivity contribution is 5.47. The smallest absolute Gasteiger partial charge is 0.221 e. The van der Waals surface area contributed by atoms with Crippen LogP contribution in [0.5, 0.6) is 5.88 Å². The van der Waals surface area contributed by atoms with Gasteiger partial charge in [-0.3, -0.25) is 0 Å². The van der Waals surface area contributed by atoms with Crippen LogP contribution in [0.15, 0.2) is 6.33 Å². The van der Waals surface area contributed by atoms with Crippen LogP contribution in [0.4, 0.5) is 5.82 Å². The number of aromatic nitrogens is 2. The van der Waals surface area contributed by atoms with E-state index in [0.717, 1.165) is 36.8 Å². The Hall–Kier alpha value is -1.32. The normalized spacial score (nSPS) is 15.9. The molecule has 0 bridgehead atoms. The van der Waals surface area contributed by atoms with Crippen molar-refractivity contribution in [1.82, 2.24) is 9.97 Å². The van der Waals surface area contributed by atoms with Crippen molar-refractivity contribution in [2.45, 2.75) is 46.0 Å². The molecule has 1 aromatic rings. The van der Waals surface area contributed by atoms with Gasteiger partial charge in [-0.05, 0) is 32.1 Å². The highest BCUT2D eigenvalue weighted by Crippen LogP contribution is 2.26. The molecule has 0 unspecified atom stereocenters. The molecule has 1 heterocycles. The Bertz CT molecular complexity index is 375. The molecule has 100 valence electrons. The van der Waals surface area contributed by atoms with E-state index in [1.807, 2.05) is 6.92 Å². The van der Waals surface area contributed by atoms with E-state index in [-0.39, 0.29) is 0 Å². The first kappa shape index (κ1) is 13.1. The van der Waals surface area contributed by atoms with Crippen LogP contribution in [-0.2, 0) is 0 Å². The van der Waals surface area contributed by atoms with Gasteiger partial charge in [0.15, 0.2) is 0 Å². The first-order valence-corrected chi connectivity index (χ1v) is 6.99. The Kier molecular flexibility index (Phi) is 4.79. The Morgan fingerprint density at radius 2 is 2.11 bits per heavy atom. The second kappa shape index (κ2) is 6.57. The molecule has 1 aliphatic rings. The standard InChI is InChI=1S/C14H23N3O/c1-3-8-15-13-11(2)14(17-10-16-13)18-9-12-6-4-5-7-12/h10,12H,3-9H2,1-2H3,(H,15,16,17). The minimum absolute atomic E-state index is 0.714. The third-order valence-corrected chi connectivity index (χ3v) is 3.51. The summed E-state index contributed by atoms with van der Waals surface area (Å²) in [4.78, 5) is 8.49. The van der Waals surface area contributed by atoms with Gasteiger partial charge in [0.2, 0.25) is 5.88 Å². The number of hydrogen-bond donors (Lipinski definition) is 1. The molecule has 18 heavy (non-hydrogen) atoms. The van der Waals surface area contributed by atoms with Crippen LogP contribution in [0.25, 0.3) is 0 Å². The van der Waals surface area contributed by atoms with E-state index in [2.05, 4.69) is 22.2 Å². The highest BCUT2D eigenvalue weighted by atomic mass is 16.5. The minimum Gasteiger partial charge on any atom is -0.477 e. The number of ether oxygens (including phenoxy) is 1. The summed E-state index contributed by atoms with van der Waals surface area (Å²) in [5.41, 5.74) is 1.02. The van der Waals surface area contributed by atoms with Crippen LogP contribution in [0.2, 0.25) is 0 Å². The van der Waals surface area contributed by atoms with Crippen molar-refractivity contribution in [2.75, 3.05) is 18.5 Å². The van der Waals surface area contributed by atoms with Gasteiger partial charge in [0.1, 0.15) is 12.1 Å². The third kappa shape index (κ3) is 3.34. The molecule has 1 aromatic heterocycles. The maximum atomic E-state index is 5.85. The monoisotopic (exact) mass is 249 g/mol. The quantitative estimate of drug-likeness (QED) is 0.841. The molecule has 0 aromatic carbocycles. The Morgan fingerprint density at radius 3 is 2.83 bits per heavy atom. The molecule has 0 spiro atoms. The van der Waals surface area contributed by atoms with Crippen LogP contribution in [-0.4, -0.2) is 23.1 Å². The number of nitrogens with one attached hydrogen (secondary N) is 1. The lowest BCUT2D eigenvalue weighted by molar-refractivity contribution is 0.241. The van der Waals surface area contributed by atoms with E-state index in [4.69, 9.17) is 4.74 Å². The molecule has 4 nitrogen and oxygen atoms in total. The van der Waals surface area contributed by atoms with Crippen LogP contribution in [0.3, 0.4) is 0 Å². The lowest BCUT2D eigenvalue weighted by atomic mass is 10.1. The van der Waals surface area contributed by atoms with Gasteiger partial charge >= 0.3 is 0 Å². The molecule has 1 aliphatic carbocycles. The highest BCUT2D eigenvalue weighted by Gasteiger charge is 2.16.